The summed E-state index contributed by atoms with van der Waals surface area (Å²) in [4.78, 5) is 0.351. The van der Waals surface area contributed by atoms with Crippen LogP contribution in [0.3, 0.4) is 0 Å². The highest BCUT2D eigenvalue weighted by Crippen LogP contribution is 2.19. The number of hydrogen-bond acceptors (Lipinski definition) is 3. The molecule has 16 heavy (non-hydrogen) atoms. The van der Waals surface area contributed by atoms with Crippen LogP contribution in [0.15, 0.2) is 35.2 Å². The molecule has 1 atom stereocenters. The van der Waals surface area contributed by atoms with Gasteiger partial charge < -0.3 is 4.74 Å². The quantitative estimate of drug-likeness (QED) is 0.779. The summed E-state index contributed by atoms with van der Waals surface area (Å²) in [5.41, 5.74) is 0. The first-order valence-corrected chi connectivity index (χ1v) is 6.71. The van der Waals surface area contributed by atoms with Crippen LogP contribution in [0.5, 0.6) is 0 Å². The number of hydrogen-bond donors (Lipinski definition) is 0. The highest BCUT2D eigenvalue weighted by Gasteiger charge is 2.31. The molecule has 1 aromatic rings. The lowest BCUT2D eigenvalue weighted by molar-refractivity contribution is 0.0393. The number of rotatable bonds is 2. The highest BCUT2D eigenvalue weighted by atomic mass is 32.2. The molecule has 0 saturated carbocycles. The smallest absolute Gasteiger partial charge is 0.243 e. The Balaban J connectivity index is 2.32. The van der Waals surface area contributed by atoms with E-state index in [1.807, 2.05) is 13.0 Å². The second-order valence-electron chi connectivity index (χ2n) is 3.85. The molecule has 0 unspecified atom stereocenters. The lowest BCUT2D eigenvalue weighted by Crippen LogP contribution is -2.46. The van der Waals surface area contributed by atoms with Crippen LogP contribution in [-0.2, 0) is 14.8 Å². The molecular weight excluding hydrogens is 226 g/mol. The number of benzene rings is 1. The summed E-state index contributed by atoms with van der Waals surface area (Å²) in [6, 6.07) is 8.42. The minimum Gasteiger partial charge on any atom is -0.378 e. The maximum Gasteiger partial charge on any atom is 0.243 e. The average molecular weight is 241 g/mol. The lowest BCUT2D eigenvalue weighted by Gasteiger charge is -2.32. The van der Waals surface area contributed by atoms with Crippen LogP contribution >= 0.6 is 0 Å². The zero-order chi connectivity index (χ0) is 11.6. The molecule has 0 bridgehead atoms. The predicted molar refractivity (Wildman–Crippen MR) is 60.6 cm³/mol. The maximum absolute atomic E-state index is 12.3. The first-order chi connectivity index (χ1) is 7.62. The third kappa shape index (κ3) is 2.11. The average Bonchev–Trinajstić information content (AvgIpc) is 2.30. The minimum absolute atomic E-state index is 0.0982. The molecule has 1 heterocycles. The Morgan fingerprint density at radius 3 is 2.62 bits per heavy atom. The largest absolute Gasteiger partial charge is 0.378 e. The van der Waals surface area contributed by atoms with Crippen molar-refractivity contribution in [3.63, 3.8) is 0 Å². The Hall–Kier alpha value is -0.910. The molecule has 1 aromatic carbocycles. The van der Waals surface area contributed by atoms with Gasteiger partial charge >= 0.3 is 0 Å². The fourth-order valence-electron chi connectivity index (χ4n) is 1.80. The van der Waals surface area contributed by atoms with Crippen LogP contribution in [0.2, 0.25) is 0 Å². The van der Waals surface area contributed by atoms with E-state index in [2.05, 4.69) is 0 Å². The third-order valence-corrected chi connectivity index (χ3v) is 4.68. The van der Waals surface area contributed by atoms with Gasteiger partial charge in [-0.1, -0.05) is 18.2 Å². The summed E-state index contributed by atoms with van der Waals surface area (Å²) in [5, 5.41) is 0. The summed E-state index contributed by atoms with van der Waals surface area (Å²) in [5.74, 6) is 0. The molecular formula is C11H15NO3S. The van der Waals surface area contributed by atoms with Crippen molar-refractivity contribution in [2.75, 3.05) is 19.8 Å². The van der Waals surface area contributed by atoms with Crippen LogP contribution in [0.4, 0.5) is 0 Å². The van der Waals surface area contributed by atoms with Crippen molar-refractivity contribution in [1.82, 2.24) is 4.31 Å². The zero-order valence-corrected chi connectivity index (χ0v) is 9.98. The standard InChI is InChI=1S/C11H15NO3S/c1-10-9-15-8-7-12(10)16(13,14)11-5-3-2-4-6-11/h2-6,10H,7-9H2,1H3/t10-/m1/s1. The molecule has 0 spiro atoms. The van der Waals surface area contributed by atoms with Crippen molar-refractivity contribution in [3.05, 3.63) is 30.3 Å². The Morgan fingerprint density at radius 2 is 2.00 bits per heavy atom. The summed E-state index contributed by atoms with van der Waals surface area (Å²) in [7, 11) is -3.36. The summed E-state index contributed by atoms with van der Waals surface area (Å²) in [6.45, 7) is 3.22. The molecule has 1 aliphatic heterocycles. The van der Waals surface area contributed by atoms with Crippen molar-refractivity contribution in [1.29, 1.82) is 0 Å². The van der Waals surface area contributed by atoms with Crippen molar-refractivity contribution >= 4 is 10.0 Å². The van der Waals surface area contributed by atoms with Gasteiger partial charge in [-0.15, -0.1) is 0 Å². The SMILES string of the molecule is C[C@@H]1COCCN1S(=O)(=O)c1ccccc1. The second-order valence-corrected chi connectivity index (χ2v) is 5.74. The lowest BCUT2D eigenvalue weighted by atomic mass is 10.3. The topological polar surface area (TPSA) is 46.6 Å². The molecule has 0 amide bonds. The third-order valence-electron chi connectivity index (χ3n) is 2.66. The molecule has 1 aliphatic rings. The van der Waals surface area contributed by atoms with Gasteiger partial charge in [-0.2, -0.15) is 4.31 Å². The van der Waals surface area contributed by atoms with Gasteiger partial charge in [0.05, 0.1) is 18.1 Å². The first kappa shape index (κ1) is 11.6. The van der Waals surface area contributed by atoms with E-state index < -0.39 is 10.0 Å². The number of morpholine rings is 1. The fraction of sp³-hybridized carbons (Fsp3) is 0.455. The van der Waals surface area contributed by atoms with E-state index in [0.29, 0.717) is 24.7 Å². The molecule has 88 valence electrons. The summed E-state index contributed by atoms with van der Waals surface area (Å²) < 4.78 is 31.3. The molecule has 0 N–H and O–H groups in total. The monoisotopic (exact) mass is 241 g/mol. The van der Waals surface area contributed by atoms with Crippen molar-refractivity contribution in [2.24, 2.45) is 0 Å². The first-order valence-electron chi connectivity index (χ1n) is 5.27. The highest BCUT2D eigenvalue weighted by molar-refractivity contribution is 7.89. The number of sulfonamides is 1. The molecule has 1 fully saturated rings. The van der Waals surface area contributed by atoms with Gasteiger partial charge in [-0.25, -0.2) is 8.42 Å². The van der Waals surface area contributed by atoms with E-state index in [9.17, 15) is 8.42 Å². The van der Waals surface area contributed by atoms with Gasteiger partial charge in [0.1, 0.15) is 0 Å². The van der Waals surface area contributed by atoms with Gasteiger partial charge in [0.25, 0.3) is 0 Å². The summed E-state index contributed by atoms with van der Waals surface area (Å²) >= 11 is 0. The van der Waals surface area contributed by atoms with Gasteiger partial charge in [0, 0.05) is 12.6 Å². The fourth-order valence-corrected chi connectivity index (χ4v) is 3.42. The Morgan fingerprint density at radius 1 is 1.31 bits per heavy atom. The van der Waals surface area contributed by atoms with Gasteiger partial charge in [-0.05, 0) is 19.1 Å². The van der Waals surface area contributed by atoms with Crippen molar-refractivity contribution in [2.45, 2.75) is 17.9 Å². The van der Waals surface area contributed by atoms with E-state index in [1.54, 1.807) is 24.3 Å². The molecule has 0 aromatic heterocycles. The number of nitrogens with zero attached hydrogens (tertiary/aromatic N) is 1. The van der Waals surface area contributed by atoms with E-state index in [0.717, 1.165) is 0 Å². The van der Waals surface area contributed by atoms with Crippen LogP contribution in [0.25, 0.3) is 0 Å². The van der Waals surface area contributed by atoms with Crippen LogP contribution in [0.1, 0.15) is 6.92 Å². The molecule has 1 saturated heterocycles. The van der Waals surface area contributed by atoms with Crippen LogP contribution in [-0.4, -0.2) is 38.5 Å². The van der Waals surface area contributed by atoms with Crippen LogP contribution < -0.4 is 0 Å². The maximum atomic E-state index is 12.3. The second kappa shape index (κ2) is 4.53. The molecule has 2 rings (SSSR count). The molecule has 0 aliphatic carbocycles. The van der Waals surface area contributed by atoms with E-state index in [1.165, 1.54) is 4.31 Å². The Kier molecular flexibility index (Phi) is 3.28. The van der Waals surface area contributed by atoms with Gasteiger partial charge in [-0.3, -0.25) is 0 Å². The van der Waals surface area contributed by atoms with Gasteiger partial charge in [0.15, 0.2) is 0 Å². The van der Waals surface area contributed by atoms with E-state index >= 15 is 0 Å². The Labute approximate surface area is 95.9 Å². The Bertz CT molecular complexity index is 444. The minimum atomic E-state index is -3.36. The molecule has 4 nitrogen and oxygen atoms in total. The molecule has 0 radical (unpaired) electrons. The number of ether oxygens (including phenoxy) is 1. The van der Waals surface area contributed by atoms with E-state index in [-0.39, 0.29) is 6.04 Å². The van der Waals surface area contributed by atoms with Crippen molar-refractivity contribution in [3.8, 4) is 0 Å². The summed E-state index contributed by atoms with van der Waals surface area (Å²) in [6.07, 6.45) is 0. The predicted octanol–water partition coefficient (Wildman–Crippen LogP) is 1.10. The van der Waals surface area contributed by atoms with E-state index in [4.69, 9.17) is 4.74 Å². The van der Waals surface area contributed by atoms with Gasteiger partial charge in [0.2, 0.25) is 10.0 Å². The molecule has 5 heteroatoms. The zero-order valence-electron chi connectivity index (χ0n) is 9.17. The van der Waals surface area contributed by atoms with Crippen LogP contribution in [0, 0.1) is 0 Å². The van der Waals surface area contributed by atoms with Crippen molar-refractivity contribution < 1.29 is 13.2 Å². The normalized spacial score (nSPS) is 23.2.